The van der Waals surface area contributed by atoms with E-state index in [0.717, 1.165) is 4.88 Å². The van der Waals surface area contributed by atoms with E-state index in [-0.39, 0.29) is 5.41 Å². The zero-order valence-electron chi connectivity index (χ0n) is 11.1. The van der Waals surface area contributed by atoms with Gasteiger partial charge in [0.25, 0.3) is 0 Å². The summed E-state index contributed by atoms with van der Waals surface area (Å²) >= 11 is 1.46. The van der Waals surface area contributed by atoms with E-state index in [1.165, 1.54) is 11.3 Å². The highest BCUT2D eigenvalue weighted by atomic mass is 32.1. The number of nitrogens with one attached hydrogen (secondary N) is 1. The predicted octanol–water partition coefficient (Wildman–Crippen LogP) is 2.14. The van der Waals surface area contributed by atoms with Crippen molar-refractivity contribution in [1.29, 1.82) is 0 Å². The molecule has 0 bridgehead atoms. The van der Waals surface area contributed by atoms with Crippen molar-refractivity contribution >= 4 is 23.3 Å². The molecule has 2 aromatic rings. The van der Waals surface area contributed by atoms with Crippen LogP contribution in [-0.2, 0) is 12.0 Å². The second-order valence-corrected chi connectivity index (χ2v) is 6.18. The van der Waals surface area contributed by atoms with Crippen molar-refractivity contribution in [3.63, 3.8) is 0 Å². The Morgan fingerprint density at radius 3 is 2.74 bits per heavy atom. The largest absolute Gasteiger partial charge is 0.408 e. The first kappa shape index (κ1) is 13.5. The average Bonchev–Trinajstić information content (AvgIpc) is 2.95. The number of hydrogen-bond donors (Lipinski definition) is 2. The van der Waals surface area contributed by atoms with Gasteiger partial charge in [0.2, 0.25) is 11.8 Å². The van der Waals surface area contributed by atoms with Gasteiger partial charge in [-0.2, -0.15) is 0 Å². The molecule has 0 saturated carbocycles. The second kappa shape index (κ2) is 5.00. The molecule has 7 heteroatoms. The molecule has 0 aliphatic rings. The van der Waals surface area contributed by atoms with Crippen LogP contribution in [0.5, 0.6) is 0 Å². The van der Waals surface area contributed by atoms with Gasteiger partial charge in [-0.15, -0.1) is 16.4 Å². The summed E-state index contributed by atoms with van der Waals surface area (Å²) in [6.45, 7) is 6.53. The first-order valence-electron chi connectivity index (χ1n) is 5.81. The van der Waals surface area contributed by atoms with Gasteiger partial charge in [0.05, 0.1) is 12.1 Å². The van der Waals surface area contributed by atoms with Crippen molar-refractivity contribution in [2.75, 3.05) is 5.32 Å². The number of aromatic nitrogens is 2. The summed E-state index contributed by atoms with van der Waals surface area (Å²) in [5.74, 6) is 0.161. The van der Waals surface area contributed by atoms with Crippen LogP contribution in [0, 0.1) is 0 Å². The van der Waals surface area contributed by atoms with Gasteiger partial charge in [0.15, 0.2) is 0 Å². The number of nitrogens with zero attached hydrogens (tertiary/aromatic N) is 2. The third-order valence-corrected chi connectivity index (χ3v) is 3.36. The number of nitrogens with two attached hydrogens (primary N) is 1. The van der Waals surface area contributed by atoms with E-state index in [9.17, 15) is 4.79 Å². The lowest BCUT2D eigenvalue weighted by Crippen LogP contribution is -2.11. The standard InChI is InChI=1S/C12H16N4O2S/c1-12(2,3)10-15-16-11(18-10)14-5-8-4-7(6-19-8)9(13)17/h4,6H,5H2,1-3H3,(H2,13,17)(H,14,16). The van der Waals surface area contributed by atoms with Crippen molar-refractivity contribution < 1.29 is 9.21 Å². The number of thiophene rings is 1. The SMILES string of the molecule is CC(C)(C)c1nnc(NCc2cc(C(N)=O)cs2)o1. The van der Waals surface area contributed by atoms with Crippen LogP contribution in [0.3, 0.4) is 0 Å². The Bertz CT molecular complexity index is 583. The highest BCUT2D eigenvalue weighted by Gasteiger charge is 2.21. The highest BCUT2D eigenvalue weighted by Crippen LogP contribution is 2.22. The summed E-state index contributed by atoms with van der Waals surface area (Å²) in [6, 6.07) is 2.13. The maximum Gasteiger partial charge on any atom is 0.315 e. The third-order valence-electron chi connectivity index (χ3n) is 2.42. The van der Waals surface area contributed by atoms with E-state index in [4.69, 9.17) is 10.2 Å². The molecule has 1 amide bonds. The van der Waals surface area contributed by atoms with Gasteiger partial charge in [-0.3, -0.25) is 4.79 Å². The molecule has 102 valence electrons. The van der Waals surface area contributed by atoms with E-state index in [1.54, 1.807) is 11.4 Å². The topological polar surface area (TPSA) is 94.0 Å². The maximum atomic E-state index is 11.0. The summed E-state index contributed by atoms with van der Waals surface area (Å²) in [5, 5.41) is 12.7. The van der Waals surface area contributed by atoms with Gasteiger partial charge >= 0.3 is 6.01 Å². The summed E-state index contributed by atoms with van der Waals surface area (Å²) < 4.78 is 5.50. The maximum absolute atomic E-state index is 11.0. The first-order valence-corrected chi connectivity index (χ1v) is 6.69. The molecule has 0 aromatic carbocycles. The van der Waals surface area contributed by atoms with Crippen molar-refractivity contribution in [3.05, 3.63) is 27.8 Å². The molecule has 2 heterocycles. The van der Waals surface area contributed by atoms with Gasteiger partial charge in [-0.1, -0.05) is 25.9 Å². The van der Waals surface area contributed by atoms with Crippen LogP contribution in [-0.4, -0.2) is 16.1 Å². The fraction of sp³-hybridized carbons (Fsp3) is 0.417. The van der Waals surface area contributed by atoms with Gasteiger partial charge in [-0.05, 0) is 6.07 Å². The molecule has 0 spiro atoms. The molecular weight excluding hydrogens is 264 g/mol. The molecule has 0 unspecified atom stereocenters. The molecule has 2 aromatic heterocycles. The lowest BCUT2D eigenvalue weighted by atomic mass is 9.97. The minimum absolute atomic E-state index is 0.172. The molecule has 3 N–H and O–H groups in total. The van der Waals surface area contributed by atoms with Crippen LogP contribution in [0.15, 0.2) is 15.9 Å². The van der Waals surface area contributed by atoms with Crippen molar-refractivity contribution in [3.8, 4) is 0 Å². The van der Waals surface area contributed by atoms with Gasteiger partial charge in [0, 0.05) is 15.7 Å². The van der Waals surface area contributed by atoms with Crippen LogP contribution < -0.4 is 11.1 Å². The minimum atomic E-state index is -0.421. The smallest absolute Gasteiger partial charge is 0.315 e. The summed E-state index contributed by atoms with van der Waals surface area (Å²) in [7, 11) is 0. The zero-order valence-corrected chi connectivity index (χ0v) is 11.9. The Hall–Kier alpha value is -1.89. The van der Waals surface area contributed by atoms with Crippen molar-refractivity contribution in [1.82, 2.24) is 10.2 Å². The monoisotopic (exact) mass is 280 g/mol. The Morgan fingerprint density at radius 1 is 1.47 bits per heavy atom. The van der Waals surface area contributed by atoms with Crippen LogP contribution in [0.4, 0.5) is 6.01 Å². The van der Waals surface area contributed by atoms with Crippen LogP contribution >= 0.6 is 11.3 Å². The molecule has 19 heavy (non-hydrogen) atoms. The lowest BCUT2D eigenvalue weighted by Gasteiger charge is -2.10. The summed E-state index contributed by atoms with van der Waals surface area (Å²) in [4.78, 5) is 11.9. The summed E-state index contributed by atoms with van der Waals surface area (Å²) in [5.41, 5.74) is 5.54. The number of anilines is 1. The summed E-state index contributed by atoms with van der Waals surface area (Å²) in [6.07, 6.45) is 0. The average molecular weight is 280 g/mol. The Balaban J connectivity index is 1.98. The van der Waals surface area contributed by atoms with Gasteiger partial charge in [0.1, 0.15) is 0 Å². The predicted molar refractivity (Wildman–Crippen MR) is 73.2 cm³/mol. The van der Waals surface area contributed by atoms with E-state index in [2.05, 4.69) is 15.5 Å². The molecule has 0 aliphatic carbocycles. The van der Waals surface area contributed by atoms with E-state index < -0.39 is 5.91 Å². The van der Waals surface area contributed by atoms with E-state index >= 15 is 0 Å². The number of hydrogen-bond acceptors (Lipinski definition) is 6. The molecule has 2 rings (SSSR count). The third kappa shape index (κ3) is 3.31. The normalized spacial score (nSPS) is 11.5. The van der Waals surface area contributed by atoms with Crippen molar-refractivity contribution in [2.45, 2.75) is 32.7 Å². The molecule has 6 nitrogen and oxygen atoms in total. The Kier molecular flexibility index (Phi) is 3.57. The molecule has 0 radical (unpaired) electrons. The van der Waals surface area contributed by atoms with Crippen LogP contribution in [0.1, 0.15) is 41.9 Å². The minimum Gasteiger partial charge on any atom is -0.408 e. The van der Waals surface area contributed by atoms with Crippen LogP contribution in [0.2, 0.25) is 0 Å². The molecule has 0 aliphatic heterocycles. The first-order chi connectivity index (χ1) is 8.86. The van der Waals surface area contributed by atoms with Crippen LogP contribution in [0.25, 0.3) is 0 Å². The second-order valence-electron chi connectivity index (χ2n) is 5.18. The number of primary amides is 1. The lowest BCUT2D eigenvalue weighted by molar-refractivity contribution is 0.100. The highest BCUT2D eigenvalue weighted by molar-refractivity contribution is 7.10. The van der Waals surface area contributed by atoms with E-state index in [1.807, 2.05) is 20.8 Å². The molecular formula is C12H16N4O2S. The van der Waals surface area contributed by atoms with E-state index in [0.29, 0.717) is 24.0 Å². The fourth-order valence-electron chi connectivity index (χ4n) is 1.36. The quantitative estimate of drug-likeness (QED) is 0.894. The van der Waals surface area contributed by atoms with Crippen molar-refractivity contribution in [2.24, 2.45) is 5.73 Å². The van der Waals surface area contributed by atoms with Gasteiger partial charge in [-0.25, -0.2) is 0 Å². The Labute approximate surface area is 115 Å². The number of rotatable bonds is 4. The van der Waals surface area contributed by atoms with Gasteiger partial charge < -0.3 is 15.5 Å². The number of amides is 1. The fourth-order valence-corrected chi connectivity index (χ4v) is 2.18. The Morgan fingerprint density at radius 2 is 2.21 bits per heavy atom. The zero-order chi connectivity index (χ0) is 14.0. The molecule has 0 saturated heterocycles. The number of carbonyl (C=O) groups excluding carboxylic acids is 1. The molecule has 0 fully saturated rings. The molecule has 0 atom stereocenters. The number of carbonyl (C=O) groups is 1.